The summed E-state index contributed by atoms with van der Waals surface area (Å²) in [5, 5.41) is 6.32. The molecule has 0 spiro atoms. The Kier molecular flexibility index (Phi) is 5.32. The van der Waals surface area contributed by atoms with Crippen molar-refractivity contribution < 1.29 is 0 Å². The molecule has 0 aliphatic carbocycles. The fraction of sp³-hybridized carbons (Fsp3) is 0. The quantitative estimate of drug-likeness (QED) is 0.199. The van der Waals surface area contributed by atoms with Crippen LogP contribution in [-0.4, -0.2) is 14.5 Å². The highest BCUT2D eigenvalue weighted by molar-refractivity contribution is 7.26. The number of thiophene rings is 2. The highest BCUT2D eigenvalue weighted by atomic mass is 32.1. The predicted octanol–water partition coefficient (Wildman–Crippen LogP) is 11.6. The van der Waals surface area contributed by atoms with Gasteiger partial charge >= 0.3 is 0 Å². The third-order valence-corrected chi connectivity index (χ3v) is 11.1. The van der Waals surface area contributed by atoms with E-state index in [4.69, 9.17) is 9.97 Å². The zero-order valence-electron chi connectivity index (χ0n) is 23.9. The standard InChI is InChI=1S/C40H23N3S2/c1-2-11-24(12-3-1)40-41-36(39-37(42-40)30-17-6-9-20-33(30)45-39)25-13-10-14-26(23-25)43-31-18-7-4-15-27(31)28-21-22-34-35(38(28)43)29-16-5-8-19-32(29)44-34/h1-23H. The lowest BCUT2D eigenvalue weighted by molar-refractivity contribution is 1.18. The topological polar surface area (TPSA) is 30.7 Å². The zero-order valence-corrected chi connectivity index (χ0v) is 25.6. The smallest absolute Gasteiger partial charge is 0.160 e. The lowest BCUT2D eigenvalue weighted by Crippen LogP contribution is -1.97. The maximum Gasteiger partial charge on any atom is 0.160 e. The van der Waals surface area contributed by atoms with E-state index < -0.39 is 0 Å². The predicted molar refractivity (Wildman–Crippen MR) is 193 cm³/mol. The van der Waals surface area contributed by atoms with Crippen molar-refractivity contribution in [3.05, 3.63) is 140 Å². The van der Waals surface area contributed by atoms with E-state index in [-0.39, 0.29) is 0 Å². The summed E-state index contributed by atoms with van der Waals surface area (Å²) in [5.41, 5.74) is 7.64. The third kappa shape index (κ3) is 3.69. The van der Waals surface area contributed by atoms with Crippen molar-refractivity contribution in [1.82, 2.24) is 14.5 Å². The molecule has 0 aliphatic heterocycles. The summed E-state index contributed by atoms with van der Waals surface area (Å²) >= 11 is 3.63. The second-order valence-electron chi connectivity index (χ2n) is 11.4. The molecule has 4 aromatic heterocycles. The van der Waals surface area contributed by atoms with Gasteiger partial charge in [-0.1, -0.05) is 103 Å². The molecule has 4 heterocycles. The third-order valence-electron chi connectivity index (χ3n) is 8.80. The Labute approximate surface area is 266 Å². The Balaban J connectivity index is 1.29. The number of fused-ring (bicyclic) bond motifs is 10. The summed E-state index contributed by atoms with van der Waals surface area (Å²) in [5.74, 6) is 0.746. The van der Waals surface area contributed by atoms with Crippen LogP contribution in [0.3, 0.4) is 0 Å². The first-order chi connectivity index (χ1) is 22.3. The lowest BCUT2D eigenvalue weighted by Gasteiger charge is -2.12. The van der Waals surface area contributed by atoms with Crippen molar-refractivity contribution in [3.63, 3.8) is 0 Å². The molecule has 5 heteroatoms. The molecule has 0 bridgehead atoms. The summed E-state index contributed by atoms with van der Waals surface area (Å²) in [4.78, 5) is 10.4. The van der Waals surface area contributed by atoms with Crippen LogP contribution in [0.5, 0.6) is 0 Å². The van der Waals surface area contributed by atoms with Crippen molar-refractivity contribution in [1.29, 1.82) is 0 Å². The second kappa shape index (κ2) is 9.57. The van der Waals surface area contributed by atoms with Crippen LogP contribution in [0.1, 0.15) is 0 Å². The van der Waals surface area contributed by atoms with Crippen molar-refractivity contribution >= 4 is 85.0 Å². The molecule has 0 aliphatic rings. The number of para-hydroxylation sites is 1. The van der Waals surface area contributed by atoms with Gasteiger partial charge in [0.15, 0.2) is 5.82 Å². The van der Waals surface area contributed by atoms with Gasteiger partial charge in [-0.05, 0) is 36.4 Å². The van der Waals surface area contributed by atoms with Gasteiger partial charge in [0.25, 0.3) is 0 Å². The summed E-state index contributed by atoms with van der Waals surface area (Å²) in [6, 6.07) is 49.9. The van der Waals surface area contributed by atoms with Crippen LogP contribution in [0.25, 0.3) is 90.6 Å². The molecule has 10 aromatic rings. The van der Waals surface area contributed by atoms with Gasteiger partial charge in [0.2, 0.25) is 0 Å². The number of aromatic nitrogens is 3. The lowest BCUT2D eigenvalue weighted by atomic mass is 10.1. The van der Waals surface area contributed by atoms with Gasteiger partial charge in [-0.15, -0.1) is 22.7 Å². The van der Waals surface area contributed by atoms with Crippen LogP contribution in [0.15, 0.2) is 140 Å². The normalized spacial score (nSPS) is 12.0. The Morgan fingerprint density at radius 3 is 2.07 bits per heavy atom. The number of rotatable bonds is 3. The molecule has 10 rings (SSSR count). The zero-order chi connectivity index (χ0) is 29.5. The Morgan fingerprint density at radius 1 is 0.489 bits per heavy atom. The molecule has 0 saturated carbocycles. The maximum absolute atomic E-state index is 5.26. The first-order valence-electron chi connectivity index (χ1n) is 15.0. The highest BCUT2D eigenvalue weighted by Gasteiger charge is 2.20. The Hall–Kier alpha value is -5.36. The molecular formula is C40H23N3S2. The summed E-state index contributed by atoms with van der Waals surface area (Å²) in [6.45, 7) is 0. The number of benzene rings is 6. The molecule has 0 amide bonds. The van der Waals surface area contributed by atoms with Crippen molar-refractivity contribution in [2.45, 2.75) is 0 Å². The average molecular weight is 610 g/mol. The first-order valence-corrected chi connectivity index (χ1v) is 16.6. The summed E-state index contributed by atoms with van der Waals surface area (Å²) in [7, 11) is 0. The molecule has 0 atom stereocenters. The minimum atomic E-state index is 0.746. The van der Waals surface area contributed by atoms with E-state index in [2.05, 4.69) is 126 Å². The van der Waals surface area contributed by atoms with E-state index in [0.29, 0.717) is 0 Å². The van der Waals surface area contributed by atoms with Crippen LogP contribution < -0.4 is 0 Å². The SMILES string of the molecule is c1ccc(-c2nc(-c3cccc(-n4c5ccccc5c5ccc6sc7ccccc7c6c54)c3)c3sc4ccccc4c3n2)cc1. The minimum Gasteiger partial charge on any atom is -0.309 e. The largest absolute Gasteiger partial charge is 0.309 e. The van der Waals surface area contributed by atoms with Crippen molar-refractivity contribution in [2.75, 3.05) is 0 Å². The van der Waals surface area contributed by atoms with Crippen LogP contribution in [0, 0.1) is 0 Å². The van der Waals surface area contributed by atoms with Crippen molar-refractivity contribution in [3.8, 4) is 28.3 Å². The second-order valence-corrected chi connectivity index (χ2v) is 13.5. The fourth-order valence-corrected chi connectivity index (χ4v) is 9.09. The van der Waals surface area contributed by atoms with E-state index >= 15 is 0 Å². The van der Waals surface area contributed by atoms with E-state index in [1.54, 1.807) is 11.3 Å². The van der Waals surface area contributed by atoms with Gasteiger partial charge in [0.05, 0.1) is 26.9 Å². The molecule has 0 N–H and O–H groups in total. The molecule has 0 saturated heterocycles. The van der Waals surface area contributed by atoms with Gasteiger partial charge in [-0.25, -0.2) is 9.97 Å². The van der Waals surface area contributed by atoms with Crippen LogP contribution >= 0.6 is 22.7 Å². The van der Waals surface area contributed by atoms with E-state index in [1.807, 2.05) is 29.5 Å². The maximum atomic E-state index is 5.26. The van der Waals surface area contributed by atoms with Crippen LogP contribution in [0.2, 0.25) is 0 Å². The molecule has 0 unspecified atom stereocenters. The number of hydrogen-bond acceptors (Lipinski definition) is 4. The number of nitrogens with zero attached hydrogens (tertiary/aromatic N) is 3. The monoisotopic (exact) mass is 609 g/mol. The van der Waals surface area contributed by atoms with Gasteiger partial charge in [-0.3, -0.25) is 0 Å². The van der Waals surface area contributed by atoms with Crippen LogP contribution in [-0.2, 0) is 0 Å². The average Bonchev–Trinajstić information content (AvgIpc) is 3.77. The molecule has 3 nitrogen and oxygen atoms in total. The van der Waals surface area contributed by atoms with Gasteiger partial charge in [0.1, 0.15) is 0 Å². The Morgan fingerprint density at radius 2 is 1.20 bits per heavy atom. The van der Waals surface area contributed by atoms with E-state index in [0.717, 1.165) is 38.5 Å². The fourth-order valence-electron chi connectivity index (χ4n) is 6.83. The molecular weight excluding hydrogens is 587 g/mol. The van der Waals surface area contributed by atoms with E-state index in [1.165, 1.54) is 52.1 Å². The van der Waals surface area contributed by atoms with Gasteiger partial charge in [-0.2, -0.15) is 0 Å². The molecule has 0 fully saturated rings. The summed E-state index contributed by atoms with van der Waals surface area (Å²) in [6.07, 6.45) is 0. The number of hydrogen-bond donors (Lipinski definition) is 0. The molecule has 210 valence electrons. The van der Waals surface area contributed by atoms with Crippen molar-refractivity contribution in [2.24, 2.45) is 0 Å². The molecule has 0 radical (unpaired) electrons. The highest BCUT2D eigenvalue weighted by Crippen LogP contribution is 2.44. The summed E-state index contributed by atoms with van der Waals surface area (Å²) < 4.78 is 7.41. The Bertz CT molecular complexity index is 2770. The van der Waals surface area contributed by atoms with Gasteiger partial charge in [0, 0.05) is 57.8 Å². The molecule has 6 aromatic carbocycles. The van der Waals surface area contributed by atoms with Gasteiger partial charge < -0.3 is 4.57 Å². The first kappa shape index (κ1) is 25.0. The minimum absolute atomic E-state index is 0.746. The molecule has 45 heavy (non-hydrogen) atoms. The van der Waals surface area contributed by atoms with Crippen LogP contribution in [0.4, 0.5) is 0 Å². The van der Waals surface area contributed by atoms with E-state index in [9.17, 15) is 0 Å².